The van der Waals surface area contributed by atoms with Crippen molar-refractivity contribution in [3.05, 3.63) is 12.2 Å². The highest BCUT2D eigenvalue weighted by Gasteiger charge is 2.27. The summed E-state index contributed by atoms with van der Waals surface area (Å²) < 4.78 is 25.4. The number of hydrogen-bond donors (Lipinski definition) is 1. The van der Waals surface area contributed by atoms with Gasteiger partial charge in [0.1, 0.15) is 12.2 Å². The molecule has 0 spiro atoms. The van der Waals surface area contributed by atoms with E-state index in [4.69, 9.17) is 0 Å². The van der Waals surface area contributed by atoms with Crippen LogP contribution in [0.1, 0.15) is 33.5 Å². The second kappa shape index (κ2) is 7.17. The maximum atomic E-state index is 11.8. The molecule has 0 saturated heterocycles. The molecular formula is C13H26N4O2S. The van der Waals surface area contributed by atoms with E-state index in [1.807, 2.05) is 11.6 Å². The normalized spacial score (nSPS) is 15.5. The molecule has 20 heavy (non-hydrogen) atoms. The van der Waals surface area contributed by atoms with Crippen LogP contribution in [0.2, 0.25) is 0 Å². The highest BCUT2D eigenvalue weighted by Crippen LogP contribution is 2.11. The van der Waals surface area contributed by atoms with Crippen molar-refractivity contribution in [2.75, 3.05) is 12.8 Å². The Balaban J connectivity index is 2.88. The van der Waals surface area contributed by atoms with Crippen LogP contribution in [-0.2, 0) is 22.8 Å². The van der Waals surface area contributed by atoms with Gasteiger partial charge >= 0.3 is 0 Å². The van der Waals surface area contributed by atoms with Crippen molar-refractivity contribution in [2.24, 2.45) is 5.92 Å². The minimum Gasteiger partial charge on any atom is -0.313 e. The van der Waals surface area contributed by atoms with Crippen LogP contribution in [-0.4, -0.2) is 47.3 Å². The maximum absolute atomic E-state index is 11.8. The zero-order valence-corrected chi connectivity index (χ0v) is 13.8. The summed E-state index contributed by atoms with van der Waals surface area (Å²) in [6.07, 6.45) is 3.38. The fourth-order valence-electron chi connectivity index (χ4n) is 2.11. The predicted octanol–water partition coefficient (Wildman–Crippen LogP) is 0.888. The summed E-state index contributed by atoms with van der Waals surface area (Å²) in [5.41, 5.74) is 0. The van der Waals surface area contributed by atoms with E-state index in [-0.39, 0.29) is 6.04 Å². The molecule has 0 aliphatic heterocycles. The predicted molar refractivity (Wildman–Crippen MR) is 80.3 cm³/mol. The number of aromatic nitrogens is 3. The molecule has 1 aromatic heterocycles. The molecule has 1 heterocycles. The molecule has 0 bridgehead atoms. The van der Waals surface area contributed by atoms with Gasteiger partial charge in [0.25, 0.3) is 0 Å². The first-order valence-corrected chi connectivity index (χ1v) is 9.00. The molecular weight excluding hydrogens is 276 g/mol. The van der Waals surface area contributed by atoms with Crippen molar-refractivity contribution in [3.8, 4) is 0 Å². The summed E-state index contributed by atoms with van der Waals surface area (Å²) >= 11 is 0. The van der Waals surface area contributed by atoms with Crippen molar-refractivity contribution in [3.63, 3.8) is 0 Å². The molecule has 0 radical (unpaired) electrons. The van der Waals surface area contributed by atoms with Crippen LogP contribution in [0.4, 0.5) is 0 Å². The SMILES string of the molecule is CCNC(Cc1ncnn1CC(C)C)C(C)S(C)(=O)=O. The van der Waals surface area contributed by atoms with E-state index < -0.39 is 15.1 Å². The van der Waals surface area contributed by atoms with Gasteiger partial charge in [-0.05, 0) is 19.4 Å². The molecule has 0 aromatic carbocycles. The first kappa shape index (κ1) is 17.1. The third-order valence-corrected chi connectivity index (χ3v) is 5.02. The molecule has 2 atom stereocenters. The summed E-state index contributed by atoms with van der Waals surface area (Å²) in [5, 5.41) is 7.01. The highest BCUT2D eigenvalue weighted by molar-refractivity contribution is 7.91. The van der Waals surface area contributed by atoms with E-state index in [1.165, 1.54) is 12.6 Å². The smallest absolute Gasteiger partial charge is 0.151 e. The number of nitrogens with zero attached hydrogens (tertiary/aromatic N) is 3. The molecule has 0 aliphatic rings. The number of nitrogens with one attached hydrogen (secondary N) is 1. The molecule has 116 valence electrons. The lowest BCUT2D eigenvalue weighted by molar-refractivity contribution is 0.436. The molecule has 0 amide bonds. The second-order valence-corrected chi connectivity index (χ2v) is 8.06. The fraction of sp³-hybridized carbons (Fsp3) is 0.846. The van der Waals surface area contributed by atoms with Crippen molar-refractivity contribution < 1.29 is 8.42 Å². The summed E-state index contributed by atoms with van der Waals surface area (Å²) in [5.74, 6) is 1.31. The summed E-state index contributed by atoms with van der Waals surface area (Å²) in [6.45, 7) is 9.47. The van der Waals surface area contributed by atoms with Crippen LogP contribution in [0.5, 0.6) is 0 Å². The topological polar surface area (TPSA) is 76.9 Å². The summed E-state index contributed by atoms with van der Waals surface area (Å²) in [6, 6.07) is -0.148. The van der Waals surface area contributed by atoms with Crippen molar-refractivity contribution in [1.29, 1.82) is 0 Å². The first-order valence-electron chi connectivity index (χ1n) is 7.04. The van der Waals surface area contributed by atoms with Gasteiger partial charge in [-0.25, -0.2) is 18.1 Å². The van der Waals surface area contributed by atoms with Crippen LogP contribution in [0, 0.1) is 5.92 Å². The second-order valence-electron chi connectivity index (χ2n) is 5.66. The van der Waals surface area contributed by atoms with Gasteiger partial charge in [0, 0.05) is 25.3 Å². The summed E-state index contributed by atoms with van der Waals surface area (Å²) in [7, 11) is -3.08. The molecule has 1 N–H and O–H groups in total. The number of rotatable bonds is 8. The molecule has 0 fully saturated rings. The first-order chi connectivity index (χ1) is 9.25. The maximum Gasteiger partial charge on any atom is 0.151 e. The highest BCUT2D eigenvalue weighted by atomic mass is 32.2. The minimum absolute atomic E-state index is 0.148. The quantitative estimate of drug-likeness (QED) is 0.771. The Labute approximate surface area is 121 Å². The minimum atomic E-state index is -3.08. The fourth-order valence-corrected chi connectivity index (χ4v) is 2.90. The number of likely N-dealkylation sites (N-methyl/N-ethyl adjacent to an activating group) is 1. The van der Waals surface area contributed by atoms with E-state index in [0.717, 1.165) is 18.9 Å². The molecule has 0 saturated carbocycles. The largest absolute Gasteiger partial charge is 0.313 e. The molecule has 6 nitrogen and oxygen atoms in total. The third-order valence-electron chi connectivity index (χ3n) is 3.34. The van der Waals surface area contributed by atoms with E-state index in [0.29, 0.717) is 12.3 Å². The Morgan fingerprint density at radius 3 is 2.50 bits per heavy atom. The monoisotopic (exact) mass is 302 g/mol. The van der Waals surface area contributed by atoms with E-state index in [1.54, 1.807) is 6.92 Å². The molecule has 1 rings (SSSR count). The van der Waals surface area contributed by atoms with Crippen LogP contribution in [0.15, 0.2) is 6.33 Å². The average Bonchev–Trinajstić information content (AvgIpc) is 2.73. The van der Waals surface area contributed by atoms with Gasteiger partial charge in [-0.15, -0.1) is 0 Å². The van der Waals surface area contributed by atoms with Crippen molar-refractivity contribution in [1.82, 2.24) is 20.1 Å². The summed E-state index contributed by atoms with van der Waals surface area (Å²) in [4.78, 5) is 4.27. The van der Waals surface area contributed by atoms with Gasteiger partial charge in [-0.1, -0.05) is 20.8 Å². The molecule has 1 aromatic rings. The van der Waals surface area contributed by atoms with Crippen LogP contribution < -0.4 is 5.32 Å². The molecule has 0 aliphatic carbocycles. The van der Waals surface area contributed by atoms with Crippen LogP contribution in [0.25, 0.3) is 0 Å². The standard InChI is InChI=1S/C13H26N4O2S/c1-6-14-12(11(4)20(5,18)19)7-13-15-9-16-17(13)8-10(2)3/h9-12,14H,6-8H2,1-5H3. The van der Waals surface area contributed by atoms with E-state index in [2.05, 4.69) is 29.2 Å². The number of hydrogen-bond acceptors (Lipinski definition) is 5. The Bertz CT molecular complexity index is 510. The molecule has 7 heteroatoms. The van der Waals surface area contributed by atoms with Gasteiger partial charge in [0.15, 0.2) is 9.84 Å². The zero-order valence-electron chi connectivity index (χ0n) is 13.0. The van der Waals surface area contributed by atoms with Gasteiger partial charge in [-0.2, -0.15) is 5.10 Å². The van der Waals surface area contributed by atoms with Crippen LogP contribution in [0.3, 0.4) is 0 Å². The van der Waals surface area contributed by atoms with Gasteiger partial charge < -0.3 is 5.32 Å². The Kier molecular flexibility index (Phi) is 6.13. The lowest BCUT2D eigenvalue weighted by Gasteiger charge is -2.23. The Morgan fingerprint density at radius 2 is 2.00 bits per heavy atom. The third kappa shape index (κ3) is 4.86. The van der Waals surface area contributed by atoms with Crippen molar-refractivity contribution in [2.45, 2.75) is 52.0 Å². The van der Waals surface area contributed by atoms with E-state index >= 15 is 0 Å². The average molecular weight is 302 g/mol. The Hall–Kier alpha value is -0.950. The van der Waals surface area contributed by atoms with Gasteiger partial charge in [0.2, 0.25) is 0 Å². The molecule has 2 unspecified atom stereocenters. The van der Waals surface area contributed by atoms with Crippen LogP contribution >= 0.6 is 0 Å². The van der Waals surface area contributed by atoms with Crippen molar-refractivity contribution >= 4 is 9.84 Å². The lowest BCUT2D eigenvalue weighted by Crippen LogP contribution is -2.44. The van der Waals surface area contributed by atoms with E-state index in [9.17, 15) is 8.42 Å². The zero-order chi connectivity index (χ0) is 15.3. The Morgan fingerprint density at radius 1 is 1.35 bits per heavy atom. The number of sulfone groups is 1. The lowest BCUT2D eigenvalue weighted by atomic mass is 10.1. The van der Waals surface area contributed by atoms with Gasteiger partial charge in [-0.3, -0.25) is 0 Å². The van der Waals surface area contributed by atoms with Gasteiger partial charge in [0.05, 0.1) is 5.25 Å².